The summed E-state index contributed by atoms with van der Waals surface area (Å²) in [5, 5.41) is 2.93. The highest BCUT2D eigenvalue weighted by atomic mass is 16.6. The number of carbonyl (C=O) groups is 1. The molecule has 0 saturated carbocycles. The number of pyridine rings is 1. The zero-order valence-electron chi connectivity index (χ0n) is 11.4. The SMILES string of the molecule is C[C@H]1c2ncccc2C[C@@H]1NC(=O)OC(C)(C)C. The van der Waals surface area contributed by atoms with Gasteiger partial charge in [0.15, 0.2) is 0 Å². The summed E-state index contributed by atoms with van der Waals surface area (Å²) in [6.45, 7) is 7.67. The first-order valence-electron chi connectivity index (χ1n) is 6.30. The van der Waals surface area contributed by atoms with Gasteiger partial charge in [0.25, 0.3) is 0 Å². The third kappa shape index (κ3) is 2.81. The molecular weight excluding hydrogens is 228 g/mol. The van der Waals surface area contributed by atoms with Crippen molar-refractivity contribution in [3.63, 3.8) is 0 Å². The number of rotatable bonds is 1. The van der Waals surface area contributed by atoms with Crippen molar-refractivity contribution in [3.8, 4) is 0 Å². The molecule has 1 aromatic rings. The third-order valence-electron chi connectivity index (χ3n) is 3.10. The van der Waals surface area contributed by atoms with Crippen molar-refractivity contribution in [1.29, 1.82) is 0 Å². The normalized spacial score (nSPS) is 22.4. The second kappa shape index (κ2) is 4.59. The molecule has 0 spiro atoms. The van der Waals surface area contributed by atoms with Crippen molar-refractivity contribution in [2.75, 3.05) is 0 Å². The zero-order valence-corrected chi connectivity index (χ0v) is 11.4. The highest BCUT2D eigenvalue weighted by Crippen LogP contribution is 2.31. The molecule has 1 N–H and O–H groups in total. The minimum absolute atomic E-state index is 0.0738. The molecule has 0 aliphatic heterocycles. The smallest absolute Gasteiger partial charge is 0.407 e. The van der Waals surface area contributed by atoms with Gasteiger partial charge in [0.2, 0.25) is 0 Å². The number of hydrogen-bond donors (Lipinski definition) is 1. The number of fused-ring (bicyclic) bond motifs is 1. The van der Waals surface area contributed by atoms with Crippen LogP contribution in [0.15, 0.2) is 18.3 Å². The van der Waals surface area contributed by atoms with Crippen molar-refractivity contribution < 1.29 is 9.53 Å². The van der Waals surface area contributed by atoms with Gasteiger partial charge < -0.3 is 10.1 Å². The molecule has 2 atom stereocenters. The van der Waals surface area contributed by atoms with Gasteiger partial charge in [-0.2, -0.15) is 0 Å². The van der Waals surface area contributed by atoms with Crippen molar-refractivity contribution in [3.05, 3.63) is 29.6 Å². The molecular formula is C14H20N2O2. The van der Waals surface area contributed by atoms with Crippen LogP contribution in [0.4, 0.5) is 4.79 Å². The number of alkyl carbamates (subject to hydrolysis) is 1. The van der Waals surface area contributed by atoms with Gasteiger partial charge in [0, 0.05) is 23.9 Å². The van der Waals surface area contributed by atoms with Gasteiger partial charge in [0.05, 0.1) is 0 Å². The largest absolute Gasteiger partial charge is 0.444 e. The van der Waals surface area contributed by atoms with Crippen LogP contribution in [0.5, 0.6) is 0 Å². The van der Waals surface area contributed by atoms with Gasteiger partial charge in [0.1, 0.15) is 5.60 Å². The second-order valence-corrected chi connectivity index (χ2v) is 5.79. The molecule has 1 aromatic heterocycles. The molecule has 0 bridgehead atoms. The summed E-state index contributed by atoms with van der Waals surface area (Å²) in [6, 6.07) is 4.07. The topological polar surface area (TPSA) is 51.2 Å². The molecule has 2 rings (SSSR count). The maximum atomic E-state index is 11.8. The third-order valence-corrected chi connectivity index (χ3v) is 3.10. The van der Waals surface area contributed by atoms with Gasteiger partial charge in [-0.05, 0) is 38.8 Å². The average Bonchev–Trinajstić information content (AvgIpc) is 2.54. The molecule has 4 heteroatoms. The predicted molar refractivity (Wildman–Crippen MR) is 69.5 cm³/mol. The van der Waals surface area contributed by atoms with E-state index in [1.165, 1.54) is 5.56 Å². The summed E-state index contributed by atoms with van der Waals surface area (Å²) >= 11 is 0. The minimum Gasteiger partial charge on any atom is -0.444 e. The van der Waals surface area contributed by atoms with Crippen LogP contribution >= 0.6 is 0 Å². The number of hydrogen-bond acceptors (Lipinski definition) is 3. The van der Waals surface area contributed by atoms with Crippen molar-refractivity contribution in [1.82, 2.24) is 10.3 Å². The molecule has 1 amide bonds. The molecule has 98 valence electrons. The summed E-state index contributed by atoms with van der Waals surface area (Å²) in [4.78, 5) is 16.1. The lowest BCUT2D eigenvalue weighted by Gasteiger charge is -2.23. The van der Waals surface area contributed by atoms with E-state index in [0.717, 1.165) is 12.1 Å². The number of nitrogens with one attached hydrogen (secondary N) is 1. The van der Waals surface area contributed by atoms with Crippen LogP contribution < -0.4 is 5.32 Å². The quantitative estimate of drug-likeness (QED) is 0.831. The van der Waals surface area contributed by atoms with Gasteiger partial charge in [-0.25, -0.2) is 4.79 Å². The van der Waals surface area contributed by atoms with Gasteiger partial charge in [-0.15, -0.1) is 0 Å². The first-order valence-corrected chi connectivity index (χ1v) is 6.30. The van der Waals surface area contributed by atoms with Gasteiger partial charge in [-0.3, -0.25) is 4.98 Å². The van der Waals surface area contributed by atoms with E-state index in [1.807, 2.05) is 26.8 Å². The Labute approximate surface area is 108 Å². The lowest BCUT2D eigenvalue weighted by atomic mass is 10.1. The second-order valence-electron chi connectivity index (χ2n) is 5.79. The molecule has 1 heterocycles. The fourth-order valence-corrected chi connectivity index (χ4v) is 2.27. The Kier molecular flexibility index (Phi) is 3.28. The molecule has 1 aliphatic carbocycles. The molecule has 0 aromatic carbocycles. The van der Waals surface area contributed by atoms with Crippen LogP contribution in [-0.2, 0) is 11.2 Å². The van der Waals surface area contributed by atoms with Crippen molar-refractivity contribution >= 4 is 6.09 Å². The van der Waals surface area contributed by atoms with E-state index in [1.54, 1.807) is 6.20 Å². The molecule has 0 saturated heterocycles. The fraction of sp³-hybridized carbons (Fsp3) is 0.571. The molecule has 1 aliphatic rings. The molecule has 0 fully saturated rings. The summed E-state index contributed by atoms with van der Waals surface area (Å²) in [5.41, 5.74) is 1.83. The molecule has 18 heavy (non-hydrogen) atoms. The first kappa shape index (κ1) is 12.9. The monoisotopic (exact) mass is 248 g/mol. The summed E-state index contributed by atoms with van der Waals surface area (Å²) < 4.78 is 5.28. The minimum atomic E-state index is -0.461. The van der Waals surface area contributed by atoms with Crippen LogP contribution in [0.3, 0.4) is 0 Å². The summed E-state index contributed by atoms with van der Waals surface area (Å²) in [5.74, 6) is 0.230. The van der Waals surface area contributed by atoms with E-state index in [-0.39, 0.29) is 18.1 Å². The van der Waals surface area contributed by atoms with Crippen LogP contribution in [0.2, 0.25) is 0 Å². The lowest BCUT2D eigenvalue weighted by molar-refractivity contribution is 0.0500. The summed E-state index contributed by atoms with van der Waals surface area (Å²) in [7, 11) is 0. The van der Waals surface area contributed by atoms with E-state index < -0.39 is 5.60 Å². The van der Waals surface area contributed by atoms with E-state index in [9.17, 15) is 4.79 Å². The Morgan fingerprint density at radius 2 is 2.22 bits per heavy atom. The van der Waals surface area contributed by atoms with Crippen LogP contribution in [0.1, 0.15) is 44.9 Å². The van der Waals surface area contributed by atoms with E-state index in [2.05, 4.69) is 23.3 Å². The highest BCUT2D eigenvalue weighted by Gasteiger charge is 2.32. The Bertz CT molecular complexity index is 451. The van der Waals surface area contributed by atoms with E-state index >= 15 is 0 Å². The predicted octanol–water partition coefficient (Wildman–Crippen LogP) is 2.63. The maximum Gasteiger partial charge on any atom is 0.407 e. The van der Waals surface area contributed by atoms with E-state index in [0.29, 0.717) is 0 Å². The lowest BCUT2D eigenvalue weighted by Crippen LogP contribution is -2.40. The Hall–Kier alpha value is -1.58. The number of carbonyl (C=O) groups excluding carboxylic acids is 1. The highest BCUT2D eigenvalue weighted by molar-refractivity contribution is 5.68. The number of aromatic nitrogens is 1. The van der Waals surface area contributed by atoms with Gasteiger partial charge in [-0.1, -0.05) is 13.0 Å². The number of nitrogens with zero attached hydrogens (tertiary/aromatic N) is 1. The Balaban J connectivity index is 2.00. The molecule has 0 radical (unpaired) electrons. The standard InChI is InChI=1S/C14H20N2O2/c1-9-11(16-13(17)18-14(2,3)4)8-10-6-5-7-15-12(9)10/h5-7,9,11H,8H2,1-4H3,(H,16,17)/t9-,11+/m1/s1. The Morgan fingerprint density at radius 3 is 2.83 bits per heavy atom. The summed E-state index contributed by atoms with van der Waals surface area (Å²) in [6.07, 6.45) is 2.27. The van der Waals surface area contributed by atoms with Crippen LogP contribution in [0, 0.1) is 0 Å². The first-order chi connectivity index (χ1) is 8.37. The zero-order chi connectivity index (χ0) is 13.3. The van der Waals surface area contributed by atoms with Crippen molar-refractivity contribution in [2.24, 2.45) is 0 Å². The van der Waals surface area contributed by atoms with Crippen LogP contribution in [-0.4, -0.2) is 22.7 Å². The molecule has 4 nitrogen and oxygen atoms in total. The van der Waals surface area contributed by atoms with Gasteiger partial charge >= 0.3 is 6.09 Å². The van der Waals surface area contributed by atoms with E-state index in [4.69, 9.17) is 4.74 Å². The molecule has 0 unspecified atom stereocenters. The number of amides is 1. The number of ether oxygens (including phenoxy) is 1. The van der Waals surface area contributed by atoms with Crippen molar-refractivity contribution in [2.45, 2.75) is 51.7 Å². The maximum absolute atomic E-state index is 11.8. The fourth-order valence-electron chi connectivity index (χ4n) is 2.27. The Morgan fingerprint density at radius 1 is 1.50 bits per heavy atom. The average molecular weight is 248 g/mol. The van der Waals surface area contributed by atoms with Crippen LogP contribution in [0.25, 0.3) is 0 Å².